The first-order valence-electron chi connectivity index (χ1n) is 6.57. The van der Waals surface area contributed by atoms with Gasteiger partial charge < -0.3 is 14.2 Å². The normalized spacial score (nSPS) is 31.3. The van der Waals surface area contributed by atoms with Crippen molar-refractivity contribution in [1.29, 1.82) is 0 Å². The standard InChI is InChI=1S/C13H21NO5/c1-13(2,3)19-12(16)14-8(6-5-7-9(14)15)10-11(17-4)18-10/h8,10-11H,5-7H2,1-4H3. The molecule has 0 aromatic carbocycles. The molecule has 0 saturated carbocycles. The average molecular weight is 271 g/mol. The maximum Gasteiger partial charge on any atom is 0.417 e. The molecule has 3 unspecified atom stereocenters. The van der Waals surface area contributed by atoms with E-state index in [1.807, 2.05) is 0 Å². The van der Waals surface area contributed by atoms with Gasteiger partial charge in [0, 0.05) is 13.5 Å². The number of epoxide rings is 1. The molecular weight excluding hydrogens is 250 g/mol. The fraction of sp³-hybridized carbons (Fsp3) is 0.846. The topological polar surface area (TPSA) is 68.4 Å². The van der Waals surface area contributed by atoms with Crippen molar-refractivity contribution in [2.24, 2.45) is 0 Å². The zero-order valence-electron chi connectivity index (χ0n) is 11.8. The van der Waals surface area contributed by atoms with Crippen LogP contribution in [0, 0.1) is 0 Å². The summed E-state index contributed by atoms with van der Waals surface area (Å²) in [6, 6.07) is -0.277. The van der Waals surface area contributed by atoms with E-state index < -0.39 is 11.7 Å². The van der Waals surface area contributed by atoms with E-state index in [0.29, 0.717) is 6.42 Å². The lowest BCUT2D eigenvalue weighted by Gasteiger charge is -2.34. The Morgan fingerprint density at radius 3 is 2.63 bits per heavy atom. The lowest BCUT2D eigenvalue weighted by molar-refractivity contribution is -0.135. The number of nitrogens with zero attached hydrogens (tertiary/aromatic N) is 1. The van der Waals surface area contributed by atoms with Crippen LogP contribution in [0.15, 0.2) is 0 Å². The van der Waals surface area contributed by atoms with Crippen LogP contribution in [-0.4, -0.2) is 48.0 Å². The number of rotatable bonds is 2. The summed E-state index contributed by atoms with van der Waals surface area (Å²) in [6.07, 6.45) is 0.740. The number of piperidine rings is 1. The molecule has 0 spiro atoms. The van der Waals surface area contributed by atoms with Gasteiger partial charge in [-0.2, -0.15) is 0 Å². The minimum absolute atomic E-state index is 0.198. The van der Waals surface area contributed by atoms with Crippen LogP contribution in [0.1, 0.15) is 40.0 Å². The molecule has 2 saturated heterocycles. The lowest BCUT2D eigenvalue weighted by atomic mass is 9.99. The molecule has 6 nitrogen and oxygen atoms in total. The predicted molar refractivity (Wildman–Crippen MR) is 66.4 cm³/mol. The Morgan fingerprint density at radius 1 is 1.42 bits per heavy atom. The number of carbonyl (C=O) groups is 2. The van der Waals surface area contributed by atoms with Crippen LogP contribution in [-0.2, 0) is 19.0 Å². The number of ether oxygens (including phenoxy) is 3. The molecule has 2 rings (SSSR count). The Balaban J connectivity index is 2.08. The highest BCUT2D eigenvalue weighted by molar-refractivity contribution is 5.93. The van der Waals surface area contributed by atoms with Crippen molar-refractivity contribution < 1.29 is 23.8 Å². The SMILES string of the molecule is COC1OC1C1CCCC(=O)N1C(=O)OC(C)(C)C. The fourth-order valence-electron chi connectivity index (χ4n) is 2.33. The summed E-state index contributed by atoms with van der Waals surface area (Å²) in [5.74, 6) is -0.198. The zero-order chi connectivity index (χ0) is 14.2. The third-order valence-electron chi connectivity index (χ3n) is 3.18. The quantitative estimate of drug-likeness (QED) is 0.715. The first kappa shape index (κ1) is 14.3. The Kier molecular flexibility index (Phi) is 3.82. The molecule has 2 amide bonds. The number of methoxy groups -OCH3 is 1. The van der Waals surface area contributed by atoms with Crippen LogP contribution < -0.4 is 0 Å². The summed E-state index contributed by atoms with van der Waals surface area (Å²) in [6.45, 7) is 5.33. The van der Waals surface area contributed by atoms with E-state index in [1.165, 1.54) is 4.90 Å². The minimum atomic E-state index is -0.621. The van der Waals surface area contributed by atoms with Crippen LogP contribution in [0.25, 0.3) is 0 Å². The Hall–Kier alpha value is -1.14. The van der Waals surface area contributed by atoms with Gasteiger partial charge in [-0.25, -0.2) is 9.69 Å². The first-order chi connectivity index (χ1) is 8.83. The maximum absolute atomic E-state index is 12.1. The van der Waals surface area contributed by atoms with Gasteiger partial charge in [0.05, 0.1) is 6.04 Å². The van der Waals surface area contributed by atoms with Crippen molar-refractivity contribution in [3.63, 3.8) is 0 Å². The van der Waals surface area contributed by atoms with Crippen molar-refractivity contribution in [1.82, 2.24) is 4.90 Å². The number of carbonyl (C=O) groups excluding carboxylic acids is 2. The van der Waals surface area contributed by atoms with Crippen molar-refractivity contribution in [3.05, 3.63) is 0 Å². The van der Waals surface area contributed by atoms with Gasteiger partial charge in [0.15, 0.2) is 6.29 Å². The first-order valence-corrected chi connectivity index (χ1v) is 6.57. The van der Waals surface area contributed by atoms with Crippen LogP contribution >= 0.6 is 0 Å². The number of imide groups is 1. The van der Waals surface area contributed by atoms with Gasteiger partial charge >= 0.3 is 6.09 Å². The monoisotopic (exact) mass is 271 g/mol. The Bertz CT molecular complexity index is 376. The highest BCUT2D eigenvalue weighted by Gasteiger charge is 2.52. The van der Waals surface area contributed by atoms with E-state index in [0.717, 1.165) is 12.8 Å². The van der Waals surface area contributed by atoms with E-state index in [1.54, 1.807) is 27.9 Å². The van der Waals surface area contributed by atoms with Gasteiger partial charge in [-0.1, -0.05) is 0 Å². The zero-order valence-corrected chi connectivity index (χ0v) is 11.8. The molecule has 0 radical (unpaired) electrons. The molecule has 0 aromatic rings. The van der Waals surface area contributed by atoms with Crippen molar-refractivity contribution in [2.45, 2.75) is 64.1 Å². The lowest BCUT2D eigenvalue weighted by Crippen LogP contribution is -2.52. The van der Waals surface area contributed by atoms with E-state index in [9.17, 15) is 9.59 Å². The summed E-state index contributed by atoms with van der Waals surface area (Å²) >= 11 is 0. The summed E-state index contributed by atoms with van der Waals surface area (Å²) in [7, 11) is 1.55. The second kappa shape index (κ2) is 5.09. The Morgan fingerprint density at radius 2 is 2.11 bits per heavy atom. The van der Waals surface area contributed by atoms with Gasteiger partial charge in [-0.15, -0.1) is 0 Å². The van der Waals surface area contributed by atoms with Gasteiger partial charge in [-0.05, 0) is 33.6 Å². The van der Waals surface area contributed by atoms with Gasteiger partial charge in [0.25, 0.3) is 0 Å². The molecular formula is C13H21NO5. The third-order valence-corrected chi connectivity index (χ3v) is 3.18. The fourth-order valence-corrected chi connectivity index (χ4v) is 2.33. The smallest absolute Gasteiger partial charge is 0.417 e. The second-order valence-corrected chi connectivity index (χ2v) is 5.91. The van der Waals surface area contributed by atoms with E-state index in [-0.39, 0.29) is 24.3 Å². The summed E-state index contributed by atoms with van der Waals surface area (Å²) < 4.78 is 15.7. The van der Waals surface area contributed by atoms with E-state index >= 15 is 0 Å². The van der Waals surface area contributed by atoms with Gasteiger partial charge in [-0.3, -0.25) is 4.79 Å². The summed E-state index contributed by atoms with van der Waals surface area (Å²) in [4.78, 5) is 25.3. The van der Waals surface area contributed by atoms with Crippen LogP contribution in [0.2, 0.25) is 0 Å². The summed E-state index contributed by atoms with van der Waals surface area (Å²) in [5.41, 5.74) is -0.621. The summed E-state index contributed by atoms with van der Waals surface area (Å²) in [5, 5.41) is 0. The molecule has 3 atom stereocenters. The van der Waals surface area contributed by atoms with Crippen molar-refractivity contribution in [3.8, 4) is 0 Å². The molecule has 2 heterocycles. The molecule has 2 fully saturated rings. The number of hydrogen-bond donors (Lipinski definition) is 0. The highest BCUT2D eigenvalue weighted by atomic mass is 16.8. The van der Waals surface area contributed by atoms with Crippen LogP contribution in [0.5, 0.6) is 0 Å². The number of hydrogen-bond acceptors (Lipinski definition) is 5. The molecule has 2 aliphatic heterocycles. The molecule has 6 heteroatoms. The molecule has 19 heavy (non-hydrogen) atoms. The van der Waals surface area contributed by atoms with Crippen molar-refractivity contribution in [2.75, 3.05) is 7.11 Å². The van der Waals surface area contributed by atoms with Gasteiger partial charge in [0.2, 0.25) is 5.91 Å². The number of likely N-dealkylation sites (tertiary alicyclic amines) is 1. The molecule has 2 aliphatic rings. The largest absolute Gasteiger partial charge is 0.443 e. The average Bonchev–Trinajstić information content (AvgIpc) is 3.05. The molecule has 0 aromatic heterocycles. The van der Waals surface area contributed by atoms with E-state index in [2.05, 4.69) is 0 Å². The Labute approximate surface area is 113 Å². The molecule has 0 bridgehead atoms. The highest BCUT2D eigenvalue weighted by Crippen LogP contribution is 2.35. The van der Waals surface area contributed by atoms with E-state index in [4.69, 9.17) is 14.2 Å². The van der Waals surface area contributed by atoms with Crippen LogP contribution in [0.3, 0.4) is 0 Å². The molecule has 0 aliphatic carbocycles. The molecule has 0 N–H and O–H groups in total. The predicted octanol–water partition coefficient (Wildman–Crippen LogP) is 1.67. The third kappa shape index (κ3) is 3.25. The maximum atomic E-state index is 12.1. The van der Waals surface area contributed by atoms with Crippen LogP contribution in [0.4, 0.5) is 4.79 Å². The second-order valence-electron chi connectivity index (χ2n) is 5.91. The van der Waals surface area contributed by atoms with Crippen molar-refractivity contribution >= 4 is 12.0 Å². The number of amides is 2. The molecule has 108 valence electrons. The van der Waals surface area contributed by atoms with Gasteiger partial charge in [0.1, 0.15) is 11.7 Å². The minimum Gasteiger partial charge on any atom is -0.443 e.